The van der Waals surface area contributed by atoms with Crippen molar-refractivity contribution < 1.29 is 24.6 Å². The van der Waals surface area contributed by atoms with Crippen molar-refractivity contribution >= 4 is 0 Å². The van der Waals surface area contributed by atoms with Crippen molar-refractivity contribution in [3.63, 3.8) is 0 Å². The molecule has 0 atom stereocenters. The van der Waals surface area contributed by atoms with Crippen molar-refractivity contribution in [1.29, 1.82) is 0 Å². The molecule has 15 heavy (non-hydrogen) atoms. The topological polar surface area (TPSA) is 79.2 Å². The molecule has 9 heteroatoms. The average Bonchev–Trinajstić information content (AvgIpc) is 1.98. The third-order valence-corrected chi connectivity index (χ3v) is 2.40. The molecule has 4 heterocycles. The molecule has 0 spiro atoms. The Bertz CT molecular complexity index is 180. The fraction of sp³-hybridized carbons (Fsp3) is 1.00. The monoisotopic (exact) mass is 304 g/mol. The normalized spacial score (nSPS) is 40.0. The van der Waals surface area contributed by atoms with Crippen molar-refractivity contribution in [3.8, 4) is 0 Å². The second-order valence-electron chi connectivity index (χ2n) is 3.76. The second kappa shape index (κ2) is 5.13. The Kier molecular flexibility index (Phi) is 4.36. The van der Waals surface area contributed by atoms with Gasteiger partial charge in [-0.15, -0.1) is 0 Å². The number of hydrogen-bond acceptors (Lipinski definition) is 7. The average molecular weight is 303 g/mol. The Morgan fingerprint density at radius 2 is 0.867 bits per heavy atom. The molecule has 4 fully saturated rings. The van der Waals surface area contributed by atoms with Crippen LogP contribution in [0, 0.1) is 15.3 Å². The summed E-state index contributed by atoms with van der Waals surface area (Å²) in [5.41, 5.74) is 0. The molecule has 0 unspecified atom stereocenters. The van der Waals surface area contributed by atoms with E-state index in [1.54, 1.807) is 0 Å². The molecule has 4 saturated heterocycles. The van der Waals surface area contributed by atoms with Crippen LogP contribution in [0.3, 0.4) is 0 Å². The molecule has 0 aromatic rings. The third kappa shape index (κ3) is 3.32. The van der Waals surface area contributed by atoms with E-state index in [1.807, 2.05) is 0 Å². The smallest absolute Gasteiger partial charge is 0.0689 e. The summed E-state index contributed by atoms with van der Waals surface area (Å²) in [6.45, 7) is 7.12. The summed E-state index contributed by atoms with van der Waals surface area (Å²) in [7, 11) is 0. The van der Waals surface area contributed by atoms with Crippen LogP contribution < -0.4 is 0 Å². The van der Waals surface area contributed by atoms with Crippen LogP contribution in [0.5, 0.6) is 0 Å². The van der Waals surface area contributed by atoms with Gasteiger partial charge in [0.2, 0.25) is 0 Å². The summed E-state index contributed by atoms with van der Waals surface area (Å²) < 4.78 is 0. The molecule has 4 aliphatic rings. The van der Waals surface area contributed by atoms with Gasteiger partial charge < -0.3 is 15.3 Å². The summed E-state index contributed by atoms with van der Waals surface area (Å²) in [5.74, 6) is 0. The van der Waals surface area contributed by atoms with Crippen LogP contribution in [0.25, 0.3) is 0 Å². The van der Waals surface area contributed by atoms with Crippen LogP contribution in [-0.4, -0.2) is 64.7 Å². The molecule has 0 aromatic carbocycles. The number of hydrogen-bond donors (Lipinski definition) is 0. The van der Waals surface area contributed by atoms with E-state index in [4.69, 9.17) is 15.3 Å². The first-order chi connectivity index (χ1) is 6.63. The first kappa shape index (κ1) is 12.7. The molecule has 88 valence electrons. The van der Waals surface area contributed by atoms with Crippen LogP contribution in [0.1, 0.15) is 0 Å². The van der Waals surface area contributed by atoms with Gasteiger partial charge in [-0.1, -0.05) is 0 Å². The Labute approximate surface area is 99.9 Å². The van der Waals surface area contributed by atoms with E-state index in [9.17, 15) is 0 Å². The molecular weight excluding hydrogens is 291 g/mol. The zero-order valence-corrected chi connectivity index (χ0v) is 9.80. The predicted octanol–water partition coefficient (Wildman–Crippen LogP) is -1.26. The maximum absolute atomic E-state index is 8.25. The van der Waals surface area contributed by atoms with Crippen molar-refractivity contribution in [1.82, 2.24) is 19.6 Å². The van der Waals surface area contributed by atoms with Gasteiger partial charge in [-0.05, 0) is 0 Å². The van der Waals surface area contributed by atoms with Crippen molar-refractivity contribution in [2.45, 2.75) is 0 Å². The summed E-state index contributed by atoms with van der Waals surface area (Å²) in [6, 6.07) is 0. The van der Waals surface area contributed by atoms with E-state index in [1.165, 1.54) is 40.0 Å². The summed E-state index contributed by atoms with van der Waals surface area (Å²) in [5, 5.41) is 14.8. The van der Waals surface area contributed by atoms with Gasteiger partial charge in [-0.3, -0.25) is 19.6 Å². The van der Waals surface area contributed by atoms with E-state index in [0.29, 0.717) is 0 Å². The zero-order chi connectivity index (χ0) is 10.1. The molecule has 4 bridgehead atoms. The molecule has 0 aromatic heterocycles. The van der Waals surface area contributed by atoms with Gasteiger partial charge in [0, 0.05) is 19.5 Å². The van der Waals surface area contributed by atoms with Gasteiger partial charge in [-0.2, -0.15) is 0 Å². The minimum atomic E-state index is -1.75. The molecule has 0 saturated carbocycles. The van der Waals surface area contributed by atoms with Gasteiger partial charge in [0.25, 0.3) is 0 Å². The molecule has 8 nitrogen and oxygen atoms in total. The number of nitrogens with zero attached hydrogens (tertiary/aromatic N) is 5. The summed E-state index contributed by atoms with van der Waals surface area (Å²) in [6.07, 6.45) is 0. The molecule has 0 aliphatic carbocycles. The summed E-state index contributed by atoms with van der Waals surface area (Å²) >= 11 is 0. The summed E-state index contributed by atoms with van der Waals surface area (Å²) in [4.78, 5) is 18.1. The maximum Gasteiger partial charge on any atom is 0.0689 e. The van der Waals surface area contributed by atoms with Gasteiger partial charge in [0.15, 0.2) is 0 Å². The quantitative estimate of drug-likeness (QED) is 0.314. The number of rotatable bonds is 0. The van der Waals surface area contributed by atoms with Gasteiger partial charge in [0.05, 0.1) is 45.1 Å². The zero-order valence-electron chi connectivity index (χ0n) is 8.06. The van der Waals surface area contributed by atoms with E-state index in [0.717, 1.165) is 0 Å². The van der Waals surface area contributed by atoms with Crippen LogP contribution in [-0.2, 0) is 19.5 Å². The molecule has 4 aliphatic heterocycles. The fourth-order valence-corrected chi connectivity index (χ4v) is 2.23. The SMILES string of the molecule is C1N2CN3CN1CN(C2)C3.O=[N+]([O-])[O-].[Ru]. The first-order valence-electron chi connectivity index (χ1n) is 4.34. The molecule has 0 amide bonds. The van der Waals surface area contributed by atoms with Gasteiger partial charge in [0.1, 0.15) is 0 Å². The van der Waals surface area contributed by atoms with Crippen molar-refractivity contribution in [2.24, 2.45) is 0 Å². The Hall–Kier alpha value is -0.337. The van der Waals surface area contributed by atoms with Crippen molar-refractivity contribution in [2.75, 3.05) is 40.0 Å². The minimum absolute atomic E-state index is 0. The van der Waals surface area contributed by atoms with E-state index >= 15 is 0 Å². The van der Waals surface area contributed by atoms with Crippen LogP contribution in [0.4, 0.5) is 0 Å². The minimum Gasteiger partial charge on any atom is -0.356 e. The Morgan fingerprint density at radius 1 is 0.733 bits per heavy atom. The Balaban J connectivity index is 0.000000200. The van der Waals surface area contributed by atoms with Crippen LogP contribution >= 0.6 is 0 Å². The molecule has 4 rings (SSSR count). The van der Waals surface area contributed by atoms with E-state index in [-0.39, 0.29) is 19.5 Å². The van der Waals surface area contributed by atoms with Crippen LogP contribution in [0.15, 0.2) is 0 Å². The molecular formula is C6H12N5O3Ru-. The van der Waals surface area contributed by atoms with Crippen LogP contribution in [0.2, 0.25) is 0 Å². The standard InChI is InChI=1S/C6H12N4.NO3.Ru/c1-7-2-9-4-8(1)5-10(3-7)6-9;2-1(3)4;/h1-6H2;;/q;-1;. The van der Waals surface area contributed by atoms with E-state index in [2.05, 4.69) is 19.6 Å². The largest absolute Gasteiger partial charge is 0.356 e. The van der Waals surface area contributed by atoms with Crippen molar-refractivity contribution in [3.05, 3.63) is 15.3 Å². The fourth-order valence-electron chi connectivity index (χ4n) is 2.23. The Morgan fingerprint density at radius 3 is 1.00 bits per heavy atom. The first-order valence-corrected chi connectivity index (χ1v) is 4.34. The van der Waals surface area contributed by atoms with Gasteiger partial charge in [-0.25, -0.2) is 0 Å². The predicted molar refractivity (Wildman–Crippen MR) is 46.9 cm³/mol. The maximum atomic E-state index is 8.25. The second-order valence-corrected chi connectivity index (χ2v) is 3.76. The molecule has 0 radical (unpaired) electrons. The van der Waals surface area contributed by atoms with E-state index < -0.39 is 5.09 Å². The molecule has 0 N–H and O–H groups in total. The third-order valence-electron chi connectivity index (χ3n) is 2.40. The van der Waals surface area contributed by atoms with Gasteiger partial charge >= 0.3 is 0 Å².